The van der Waals surface area contributed by atoms with E-state index in [2.05, 4.69) is 15.5 Å². The third kappa shape index (κ3) is 3.03. The summed E-state index contributed by atoms with van der Waals surface area (Å²) < 4.78 is 1.86. The van der Waals surface area contributed by atoms with Crippen LogP contribution in [0.15, 0.2) is 60.9 Å². The summed E-state index contributed by atoms with van der Waals surface area (Å²) in [5, 5.41) is 10.9. The number of hydrogen-bond acceptors (Lipinski definition) is 3. The standard InChI is InChI=1S/C17H16N4O/c1-13-7-9-14(10-8-13)17(22)18-11-16-20-19-12-21(16)15-5-3-2-4-6-15/h2-10,12H,11H2,1H3,(H,18,22). The molecule has 2 aromatic carbocycles. The Bertz CT molecular complexity index is 763. The van der Waals surface area contributed by atoms with Gasteiger partial charge in [-0.3, -0.25) is 9.36 Å². The van der Waals surface area contributed by atoms with Gasteiger partial charge in [0.25, 0.3) is 5.91 Å². The van der Waals surface area contributed by atoms with Gasteiger partial charge in [0.05, 0.1) is 6.54 Å². The lowest BCUT2D eigenvalue weighted by molar-refractivity contribution is 0.0949. The highest BCUT2D eigenvalue weighted by atomic mass is 16.1. The molecule has 0 aliphatic rings. The van der Waals surface area contributed by atoms with E-state index in [9.17, 15) is 4.79 Å². The lowest BCUT2D eigenvalue weighted by Crippen LogP contribution is -2.24. The number of nitrogens with zero attached hydrogens (tertiary/aromatic N) is 3. The predicted molar refractivity (Wildman–Crippen MR) is 83.7 cm³/mol. The van der Waals surface area contributed by atoms with Crippen LogP contribution in [0.4, 0.5) is 0 Å². The molecule has 22 heavy (non-hydrogen) atoms. The van der Waals surface area contributed by atoms with Gasteiger partial charge in [-0.2, -0.15) is 0 Å². The largest absolute Gasteiger partial charge is 0.345 e. The minimum atomic E-state index is -0.123. The van der Waals surface area contributed by atoms with E-state index in [0.29, 0.717) is 17.9 Å². The molecular weight excluding hydrogens is 276 g/mol. The van der Waals surface area contributed by atoms with Crippen molar-refractivity contribution in [3.63, 3.8) is 0 Å². The lowest BCUT2D eigenvalue weighted by Gasteiger charge is -2.08. The molecule has 0 radical (unpaired) electrons. The second kappa shape index (κ2) is 6.22. The van der Waals surface area contributed by atoms with Crippen LogP contribution in [0.2, 0.25) is 0 Å². The van der Waals surface area contributed by atoms with Gasteiger partial charge in [-0.15, -0.1) is 10.2 Å². The van der Waals surface area contributed by atoms with Crippen LogP contribution in [-0.2, 0) is 6.54 Å². The quantitative estimate of drug-likeness (QED) is 0.803. The number of benzene rings is 2. The van der Waals surface area contributed by atoms with E-state index in [0.717, 1.165) is 11.3 Å². The van der Waals surface area contributed by atoms with Gasteiger partial charge in [0.2, 0.25) is 0 Å². The molecule has 5 heteroatoms. The predicted octanol–water partition coefficient (Wildman–Crippen LogP) is 2.51. The first-order chi connectivity index (χ1) is 10.7. The van der Waals surface area contributed by atoms with Crippen molar-refractivity contribution in [3.8, 4) is 5.69 Å². The molecule has 0 aliphatic heterocycles. The number of carbonyl (C=O) groups is 1. The fraction of sp³-hybridized carbons (Fsp3) is 0.118. The van der Waals surface area contributed by atoms with Crippen LogP contribution in [0.3, 0.4) is 0 Å². The molecule has 1 heterocycles. The molecule has 3 aromatic rings. The van der Waals surface area contributed by atoms with Crippen molar-refractivity contribution in [2.75, 3.05) is 0 Å². The van der Waals surface area contributed by atoms with Crippen molar-refractivity contribution < 1.29 is 4.79 Å². The number of hydrogen-bond donors (Lipinski definition) is 1. The Kier molecular flexibility index (Phi) is 3.96. The molecule has 0 atom stereocenters. The molecule has 110 valence electrons. The Hall–Kier alpha value is -2.95. The SMILES string of the molecule is Cc1ccc(C(=O)NCc2nncn2-c2ccccc2)cc1. The van der Waals surface area contributed by atoms with E-state index in [1.165, 1.54) is 0 Å². The average molecular weight is 292 g/mol. The van der Waals surface area contributed by atoms with E-state index in [4.69, 9.17) is 0 Å². The van der Waals surface area contributed by atoms with Crippen molar-refractivity contribution in [1.82, 2.24) is 20.1 Å². The molecule has 0 aliphatic carbocycles. The number of nitrogens with one attached hydrogen (secondary N) is 1. The molecule has 0 spiro atoms. The van der Waals surface area contributed by atoms with Crippen molar-refractivity contribution in [3.05, 3.63) is 77.9 Å². The summed E-state index contributed by atoms with van der Waals surface area (Å²) in [4.78, 5) is 12.1. The minimum Gasteiger partial charge on any atom is -0.345 e. The van der Waals surface area contributed by atoms with E-state index < -0.39 is 0 Å². The van der Waals surface area contributed by atoms with Crippen molar-refractivity contribution in [2.45, 2.75) is 13.5 Å². The summed E-state index contributed by atoms with van der Waals surface area (Å²) in [6, 6.07) is 17.2. The number of rotatable bonds is 4. The molecule has 5 nitrogen and oxygen atoms in total. The maximum atomic E-state index is 12.1. The lowest BCUT2D eigenvalue weighted by atomic mass is 10.1. The van der Waals surface area contributed by atoms with Crippen molar-refractivity contribution in [1.29, 1.82) is 0 Å². The number of aromatic nitrogens is 3. The molecule has 0 saturated carbocycles. The van der Waals surface area contributed by atoms with Crippen molar-refractivity contribution in [2.24, 2.45) is 0 Å². The fourth-order valence-electron chi connectivity index (χ4n) is 2.15. The molecule has 0 saturated heterocycles. The molecule has 1 aromatic heterocycles. The van der Waals surface area contributed by atoms with Gasteiger partial charge >= 0.3 is 0 Å². The zero-order chi connectivity index (χ0) is 15.4. The highest BCUT2D eigenvalue weighted by Crippen LogP contribution is 2.09. The maximum Gasteiger partial charge on any atom is 0.251 e. The highest BCUT2D eigenvalue weighted by molar-refractivity contribution is 5.94. The van der Waals surface area contributed by atoms with Crippen LogP contribution in [0.5, 0.6) is 0 Å². The maximum absolute atomic E-state index is 12.1. The van der Waals surface area contributed by atoms with Crippen LogP contribution in [0.1, 0.15) is 21.7 Å². The normalized spacial score (nSPS) is 10.4. The Balaban J connectivity index is 1.71. The van der Waals surface area contributed by atoms with Crippen molar-refractivity contribution >= 4 is 5.91 Å². The number of aryl methyl sites for hydroxylation is 1. The third-order valence-electron chi connectivity index (χ3n) is 3.37. The monoisotopic (exact) mass is 292 g/mol. The molecule has 1 N–H and O–H groups in total. The van der Waals surface area contributed by atoms with E-state index in [-0.39, 0.29) is 5.91 Å². The molecule has 0 fully saturated rings. The first kappa shape index (κ1) is 14.0. The Morgan fingerprint density at radius 2 is 1.82 bits per heavy atom. The summed E-state index contributed by atoms with van der Waals surface area (Å²) in [5.41, 5.74) is 2.73. The van der Waals surface area contributed by atoms with Crippen LogP contribution in [0.25, 0.3) is 5.69 Å². The molecule has 0 bridgehead atoms. The smallest absolute Gasteiger partial charge is 0.251 e. The van der Waals surface area contributed by atoms with E-state index in [1.807, 2.05) is 66.1 Å². The van der Waals surface area contributed by atoms with E-state index >= 15 is 0 Å². The Labute approximate surface area is 128 Å². The van der Waals surface area contributed by atoms with Gasteiger partial charge in [0.1, 0.15) is 6.33 Å². The van der Waals surface area contributed by atoms with Gasteiger partial charge in [0.15, 0.2) is 5.82 Å². The number of para-hydroxylation sites is 1. The van der Waals surface area contributed by atoms with Crippen LogP contribution in [-0.4, -0.2) is 20.7 Å². The summed E-state index contributed by atoms with van der Waals surface area (Å²) >= 11 is 0. The fourth-order valence-corrected chi connectivity index (χ4v) is 2.15. The molecule has 1 amide bonds. The van der Waals surface area contributed by atoms with Gasteiger partial charge in [0, 0.05) is 11.3 Å². The zero-order valence-electron chi connectivity index (χ0n) is 12.2. The second-order valence-electron chi connectivity index (χ2n) is 5.00. The van der Waals surface area contributed by atoms with E-state index in [1.54, 1.807) is 6.33 Å². The molecule has 3 rings (SSSR count). The van der Waals surface area contributed by atoms with Gasteiger partial charge in [-0.1, -0.05) is 35.9 Å². The van der Waals surface area contributed by atoms with Crippen LogP contribution >= 0.6 is 0 Å². The van der Waals surface area contributed by atoms with Gasteiger partial charge < -0.3 is 5.32 Å². The summed E-state index contributed by atoms with van der Waals surface area (Å²) in [7, 11) is 0. The third-order valence-corrected chi connectivity index (χ3v) is 3.37. The van der Waals surface area contributed by atoms with Gasteiger partial charge in [-0.05, 0) is 31.2 Å². The summed E-state index contributed by atoms with van der Waals surface area (Å²) in [5.74, 6) is 0.564. The highest BCUT2D eigenvalue weighted by Gasteiger charge is 2.09. The zero-order valence-corrected chi connectivity index (χ0v) is 12.2. The summed E-state index contributed by atoms with van der Waals surface area (Å²) in [6.07, 6.45) is 1.64. The van der Waals surface area contributed by atoms with Gasteiger partial charge in [-0.25, -0.2) is 0 Å². The van der Waals surface area contributed by atoms with Crippen LogP contribution < -0.4 is 5.32 Å². The first-order valence-electron chi connectivity index (χ1n) is 7.03. The second-order valence-corrected chi connectivity index (χ2v) is 5.00. The van der Waals surface area contributed by atoms with Crippen LogP contribution in [0, 0.1) is 6.92 Å². The summed E-state index contributed by atoms with van der Waals surface area (Å²) in [6.45, 7) is 2.31. The Morgan fingerprint density at radius 1 is 1.09 bits per heavy atom. The minimum absolute atomic E-state index is 0.123. The average Bonchev–Trinajstić information content (AvgIpc) is 3.02. The Morgan fingerprint density at radius 3 is 2.55 bits per heavy atom. The number of carbonyl (C=O) groups excluding carboxylic acids is 1. The first-order valence-corrected chi connectivity index (χ1v) is 7.03. The topological polar surface area (TPSA) is 59.8 Å². The molecule has 0 unspecified atom stereocenters. The molecular formula is C17H16N4O. The number of amides is 1.